The zero-order valence-electron chi connectivity index (χ0n) is 18.0. The second-order valence-corrected chi connectivity index (χ2v) is 7.68. The fraction of sp³-hybridized carbons (Fsp3) is 0.120. The first-order chi connectivity index (χ1) is 15.9. The topological polar surface area (TPSA) is 88.9 Å². The number of hydrogen-bond donors (Lipinski definition) is 1. The summed E-state index contributed by atoms with van der Waals surface area (Å²) in [7, 11) is 0. The lowest BCUT2D eigenvalue weighted by atomic mass is 10.1. The van der Waals surface area contributed by atoms with Crippen molar-refractivity contribution in [2.24, 2.45) is 0 Å². The summed E-state index contributed by atoms with van der Waals surface area (Å²) in [6.07, 6.45) is 1.39. The third kappa shape index (κ3) is 4.61. The third-order valence-electron chi connectivity index (χ3n) is 4.99. The minimum atomic E-state index is -0.592. The third-order valence-corrected chi connectivity index (χ3v) is 5.27. The van der Waals surface area contributed by atoms with Gasteiger partial charge in [0.25, 0.3) is 11.8 Å². The van der Waals surface area contributed by atoms with E-state index in [4.69, 9.17) is 21.4 Å². The Labute approximate surface area is 195 Å². The smallest absolute Gasteiger partial charge is 0.338 e. The van der Waals surface area contributed by atoms with E-state index in [9.17, 15) is 14.4 Å². The van der Waals surface area contributed by atoms with Gasteiger partial charge in [0.2, 0.25) is 0 Å². The van der Waals surface area contributed by atoms with E-state index in [0.717, 1.165) is 11.1 Å². The molecule has 1 fully saturated rings. The number of thiocarbonyl (C=S) groups is 1. The summed E-state index contributed by atoms with van der Waals surface area (Å²) in [6, 6.07) is 17.4. The Morgan fingerprint density at radius 1 is 1.06 bits per heavy atom. The average Bonchev–Trinajstić information content (AvgIpc) is 3.27. The second kappa shape index (κ2) is 9.22. The Hall–Kier alpha value is -4.04. The molecule has 2 amide bonds. The SMILES string of the molecule is CCOC(=O)c1ccc(-c2ccc(/C=C3\C(=O)NC(=S)N(c4ccc(C)cc4)C3=O)o2)cc1. The van der Waals surface area contributed by atoms with E-state index in [1.165, 1.54) is 11.0 Å². The number of rotatable bonds is 5. The van der Waals surface area contributed by atoms with E-state index in [1.54, 1.807) is 55.5 Å². The molecule has 1 N–H and O–H groups in total. The molecule has 8 heteroatoms. The Bertz CT molecular complexity index is 1270. The number of esters is 1. The molecule has 1 saturated heterocycles. The molecule has 7 nitrogen and oxygen atoms in total. The van der Waals surface area contributed by atoms with Crippen molar-refractivity contribution in [3.05, 3.63) is 83.1 Å². The fourth-order valence-corrected chi connectivity index (χ4v) is 3.58. The molecule has 2 aromatic carbocycles. The van der Waals surface area contributed by atoms with Crippen molar-refractivity contribution in [1.29, 1.82) is 0 Å². The van der Waals surface area contributed by atoms with E-state index in [2.05, 4.69) is 5.32 Å². The Kier molecular flexibility index (Phi) is 6.19. The second-order valence-electron chi connectivity index (χ2n) is 7.29. The highest BCUT2D eigenvalue weighted by atomic mass is 32.1. The first-order valence-electron chi connectivity index (χ1n) is 10.2. The molecule has 166 valence electrons. The number of benzene rings is 2. The molecular weight excluding hydrogens is 440 g/mol. The summed E-state index contributed by atoms with van der Waals surface area (Å²) >= 11 is 5.22. The van der Waals surface area contributed by atoms with Crippen LogP contribution >= 0.6 is 12.2 Å². The highest BCUT2D eigenvalue weighted by molar-refractivity contribution is 7.80. The van der Waals surface area contributed by atoms with Crippen LogP contribution in [0.15, 0.2) is 70.7 Å². The van der Waals surface area contributed by atoms with Gasteiger partial charge in [0.05, 0.1) is 17.9 Å². The lowest BCUT2D eigenvalue weighted by Crippen LogP contribution is -2.54. The lowest BCUT2D eigenvalue weighted by Gasteiger charge is -2.28. The van der Waals surface area contributed by atoms with Crippen LogP contribution in [-0.4, -0.2) is 29.5 Å². The molecule has 0 unspecified atom stereocenters. The number of hydrogen-bond acceptors (Lipinski definition) is 6. The number of aryl methyl sites for hydroxylation is 1. The lowest BCUT2D eigenvalue weighted by molar-refractivity contribution is -0.122. The van der Waals surface area contributed by atoms with Gasteiger partial charge in [-0.1, -0.05) is 29.8 Å². The molecule has 0 spiro atoms. The van der Waals surface area contributed by atoms with Gasteiger partial charge in [-0.15, -0.1) is 0 Å². The maximum absolute atomic E-state index is 13.1. The van der Waals surface area contributed by atoms with Crippen molar-refractivity contribution in [3.8, 4) is 11.3 Å². The predicted octanol–water partition coefficient (Wildman–Crippen LogP) is 4.26. The zero-order chi connectivity index (χ0) is 23.5. The van der Waals surface area contributed by atoms with Crippen LogP contribution in [0.5, 0.6) is 0 Å². The van der Waals surface area contributed by atoms with E-state index in [1.807, 2.05) is 19.1 Å². The van der Waals surface area contributed by atoms with Crippen LogP contribution in [0.25, 0.3) is 17.4 Å². The van der Waals surface area contributed by atoms with E-state index < -0.39 is 17.8 Å². The summed E-state index contributed by atoms with van der Waals surface area (Å²) in [4.78, 5) is 38.7. The zero-order valence-corrected chi connectivity index (χ0v) is 18.8. The van der Waals surface area contributed by atoms with Crippen LogP contribution < -0.4 is 10.2 Å². The number of ether oxygens (including phenoxy) is 1. The van der Waals surface area contributed by atoms with Gasteiger partial charge in [-0.25, -0.2) is 4.79 Å². The number of nitrogens with zero attached hydrogens (tertiary/aromatic N) is 1. The largest absolute Gasteiger partial charge is 0.462 e. The van der Waals surface area contributed by atoms with Crippen molar-refractivity contribution in [3.63, 3.8) is 0 Å². The molecule has 0 radical (unpaired) electrons. The molecule has 0 atom stereocenters. The number of nitrogens with one attached hydrogen (secondary N) is 1. The van der Waals surface area contributed by atoms with Gasteiger partial charge in [-0.3, -0.25) is 19.8 Å². The first kappa shape index (κ1) is 22.2. The van der Waals surface area contributed by atoms with Crippen LogP contribution in [0.3, 0.4) is 0 Å². The van der Waals surface area contributed by atoms with Crippen molar-refractivity contribution in [2.45, 2.75) is 13.8 Å². The van der Waals surface area contributed by atoms with Gasteiger partial charge in [-0.05, 0) is 68.5 Å². The normalized spacial score (nSPS) is 15.0. The predicted molar refractivity (Wildman–Crippen MR) is 127 cm³/mol. The van der Waals surface area contributed by atoms with Gasteiger partial charge in [0, 0.05) is 5.56 Å². The molecule has 4 rings (SSSR count). The minimum absolute atomic E-state index is 0.0211. The van der Waals surface area contributed by atoms with Gasteiger partial charge in [-0.2, -0.15) is 0 Å². The minimum Gasteiger partial charge on any atom is -0.462 e. The highest BCUT2D eigenvalue weighted by Crippen LogP contribution is 2.26. The number of carbonyl (C=O) groups excluding carboxylic acids is 3. The maximum atomic E-state index is 13.1. The Morgan fingerprint density at radius 3 is 2.42 bits per heavy atom. The number of anilines is 1. The number of amides is 2. The van der Waals surface area contributed by atoms with E-state index in [-0.39, 0.29) is 10.7 Å². The summed E-state index contributed by atoms with van der Waals surface area (Å²) in [6.45, 7) is 3.98. The van der Waals surface area contributed by atoms with Crippen LogP contribution in [0.2, 0.25) is 0 Å². The van der Waals surface area contributed by atoms with Gasteiger partial charge in [0.15, 0.2) is 5.11 Å². The van der Waals surface area contributed by atoms with Crippen molar-refractivity contribution in [2.75, 3.05) is 11.5 Å². The van der Waals surface area contributed by atoms with Crippen LogP contribution in [0.4, 0.5) is 5.69 Å². The summed E-state index contributed by atoms with van der Waals surface area (Å²) in [5.74, 6) is -0.678. The van der Waals surface area contributed by atoms with Crippen molar-refractivity contribution < 1.29 is 23.5 Å². The molecule has 1 aliphatic rings. The first-order valence-corrected chi connectivity index (χ1v) is 10.6. The number of furan rings is 1. The molecule has 0 saturated carbocycles. The molecule has 33 heavy (non-hydrogen) atoms. The van der Waals surface area contributed by atoms with E-state index >= 15 is 0 Å². The van der Waals surface area contributed by atoms with E-state index in [0.29, 0.717) is 29.4 Å². The molecule has 1 aromatic heterocycles. The van der Waals surface area contributed by atoms with Crippen LogP contribution in [0.1, 0.15) is 28.6 Å². The summed E-state index contributed by atoms with van der Waals surface area (Å²) < 4.78 is 10.8. The van der Waals surface area contributed by atoms with Crippen molar-refractivity contribution >= 4 is 46.9 Å². The van der Waals surface area contributed by atoms with Gasteiger partial charge >= 0.3 is 5.97 Å². The maximum Gasteiger partial charge on any atom is 0.338 e. The molecule has 0 bridgehead atoms. The molecule has 1 aliphatic heterocycles. The number of carbonyl (C=O) groups is 3. The van der Waals surface area contributed by atoms with Crippen LogP contribution in [-0.2, 0) is 14.3 Å². The quantitative estimate of drug-likeness (QED) is 0.265. The Balaban J connectivity index is 1.59. The average molecular weight is 461 g/mol. The molecule has 0 aliphatic carbocycles. The highest BCUT2D eigenvalue weighted by Gasteiger charge is 2.34. The molecule has 2 heterocycles. The van der Waals surface area contributed by atoms with Gasteiger partial charge in [0.1, 0.15) is 17.1 Å². The molecule has 3 aromatic rings. The van der Waals surface area contributed by atoms with Crippen LogP contribution in [0, 0.1) is 6.92 Å². The van der Waals surface area contributed by atoms with Gasteiger partial charge < -0.3 is 9.15 Å². The monoisotopic (exact) mass is 460 g/mol. The summed E-state index contributed by atoms with van der Waals surface area (Å²) in [5.41, 5.74) is 2.67. The standard InChI is InChI=1S/C25H20N2O5S/c1-3-31-24(30)17-8-6-16(7-9-17)21-13-12-19(32-21)14-20-22(28)26-25(33)27(23(20)29)18-10-4-15(2)5-11-18/h4-14H,3H2,1-2H3,(H,26,28,33)/b20-14+. The summed E-state index contributed by atoms with van der Waals surface area (Å²) in [5, 5.41) is 2.57. The van der Waals surface area contributed by atoms with Crippen molar-refractivity contribution in [1.82, 2.24) is 5.32 Å². The Morgan fingerprint density at radius 2 is 1.76 bits per heavy atom. The fourth-order valence-electron chi connectivity index (χ4n) is 3.30. The molecular formula is C25H20N2O5S.